The van der Waals surface area contributed by atoms with E-state index in [1.807, 2.05) is 0 Å². The Morgan fingerprint density at radius 3 is 2.86 bits per heavy atom. The quantitative estimate of drug-likeness (QED) is 0.403. The molecule has 1 heterocycles. The highest BCUT2D eigenvalue weighted by molar-refractivity contribution is 6.00. The van der Waals surface area contributed by atoms with Gasteiger partial charge in [-0.05, 0) is 37.4 Å². The molecule has 1 saturated carbocycles. The molecule has 0 bridgehead atoms. The first-order valence-electron chi connectivity index (χ1n) is 7.22. The zero-order valence-electron chi connectivity index (χ0n) is 11.6. The number of rotatable bonds is 7. The van der Waals surface area contributed by atoms with E-state index in [1.165, 1.54) is 18.9 Å². The number of anilines is 2. The lowest BCUT2D eigenvalue weighted by molar-refractivity contribution is -0.384. The third-order valence-electron chi connectivity index (χ3n) is 3.72. The maximum absolute atomic E-state index is 11.4. The first kappa shape index (κ1) is 13.8. The maximum atomic E-state index is 11.4. The molecule has 3 rings (SSSR count). The lowest BCUT2D eigenvalue weighted by Crippen LogP contribution is -2.20. The van der Waals surface area contributed by atoms with Crippen molar-refractivity contribution in [2.75, 3.05) is 23.7 Å². The van der Waals surface area contributed by atoms with Crippen molar-refractivity contribution in [2.45, 2.75) is 31.7 Å². The number of fused-ring (bicyclic) bond motifs is 1. The molecule has 0 unspecified atom stereocenters. The second kappa shape index (κ2) is 5.69. The van der Waals surface area contributed by atoms with Crippen molar-refractivity contribution in [3.8, 4) is 0 Å². The van der Waals surface area contributed by atoms with E-state index in [9.17, 15) is 14.9 Å². The molecule has 1 amide bonds. The van der Waals surface area contributed by atoms with Crippen molar-refractivity contribution >= 4 is 23.0 Å². The lowest BCUT2D eigenvalue weighted by Gasteiger charge is -2.09. The molecule has 1 fully saturated rings. The molecule has 112 valence electrons. The number of nitro groups is 1. The molecule has 0 aromatic heterocycles. The van der Waals surface area contributed by atoms with E-state index in [0.717, 1.165) is 13.0 Å². The minimum absolute atomic E-state index is 0.0282. The molecular formula is C14H18N4O3. The number of carbonyl (C=O) groups excluding carboxylic acids is 1. The fraction of sp³-hybridized carbons (Fsp3) is 0.500. The van der Waals surface area contributed by atoms with E-state index in [1.54, 1.807) is 6.07 Å². The van der Waals surface area contributed by atoms with E-state index in [4.69, 9.17) is 0 Å². The Hall–Kier alpha value is -2.15. The molecular weight excluding hydrogens is 272 g/mol. The zero-order valence-corrected chi connectivity index (χ0v) is 11.6. The van der Waals surface area contributed by atoms with Crippen molar-refractivity contribution in [2.24, 2.45) is 0 Å². The van der Waals surface area contributed by atoms with Crippen LogP contribution in [0.5, 0.6) is 0 Å². The molecule has 1 aromatic carbocycles. The number of hydrogen-bond donors (Lipinski definition) is 3. The van der Waals surface area contributed by atoms with Crippen LogP contribution in [-0.4, -0.2) is 30.0 Å². The average Bonchev–Trinajstić information content (AvgIpc) is 3.17. The predicted molar refractivity (Wildman–Crippen MR) is 79.6 cm³/mol. The summed E-state index contributed by atoms with van der Waals surface area (Å²) in [7, 11) is 0. The van der Waals surface area contributed by atoms with Crippen LogP contribution in [0, 0.1) is 10.1 Å². The molecule has 1 aliphatic carbocycles. The molecule has 21 heavy (non-hydrogen) atoms. The number of hydrogen-bond acceptors (Lipinski definition) is 5. The van der Waals surface area contributed by atoms with E-state index in [0.29, 0.717) is 29.5 Å². The predicted octanol–water partition coefficient (Wildman–Crippen LogP) is 1.64. The summed E-state index contributed by atoms with van der Waals surface area (Å²) in [5.41, 5.74) is 1.85. The fourth-order valence-electron chi connectivity index (χ4n) is 2.46. The van der Waals surface area contributed by atoms with Gasteiger partial charge in [-0.25, -0.2) is 0 Å². The smallest absolute Gasteiger partial charge is 0.292 e. The highest BCUT2D eigenvalue weighted by atomic mass is 16.6. The molecule has 7 heteroatoms. The van der Waals surface area contributed by atoms with Crippen LogP contribution < -0.4 is 16.0 Å². The summed E-state index contributed by atoms with van der Waals surface area (Å²) in [6.07, 6.45) is 3.62. The molecule has 0 radical (unpaired) electrons. The van der Waals surface area contributed by atoms with Gasteiger partial charge in [-0.15, -0.1) is 0 Å². The van der Waals surface area contributed by atoms with Crippen molar-refractivity contribution < 1.29 is 9.72 Å². The number of carbonyl (C=O) groups is 1. The molecule has 1 aromatic rings. The number of nitrogens with one attached hydrogen (secondary N) is 3. The van der Waals surface area contributed by atoms with Crippen LogP contribution in [0.2, 0.25) is 0 Å². The zero-order chi connectivity index (χ0) is 14.8. The second-order valence-corrected chi connectivity index (χ2v) is 5.52. The van der Waals surface area contributed by atoms with Gasteiger partial charge in [0.25, 0.3) is 5.69 Å². The molecule has 0 spiro atoms. The van der Waals surface area contributed by atoms with Crippen LogP contribution in [-0.2, 0) is 11.2 Å². The third kappa shape index (κ3) is 3.30. The highest BCUT2D eigenvalue weighted by Crippen LogP contribution is 2.34. The van der Waals surface area contributed by atoms with Crippen LogP contribution >= 0.6 is 0 Å². The molecule has 0 atom stereocenters. The SMILES string of the molecule is O=C1Cc2cc([N+](=O)[O-])c(NCCCNC3CC3)cc2N1. The van der Waals surface area contributed by atoms with Crippen molar-refractivity contribution in [1.29, 1.82) is 0 Å². The molecule has 1 aliphatic heterocycles. The van der Waals surface area contributed by atoms with Gasteiger partial charge in [0.2, 0.25) is 5.91 Å². The minimum Gasteiger partial charge on any atom is -0.379 e. The van der Waals surface area contributed by atoms with Crippen LogP contribution in [0.3, 0.4) is 0 Å². The van der Waals surface area contributed by atoms with Gasteiger partial charge in [0.1, 0.15) is 5.69 Å². The average molecular weight is 290 g/mol. The maximum Gasteiger partial charge on any atom is 0.292 e. The Labute approximate surface area is 122 Å². The van der Waals surface area contributed by atoms with Gasteiger partial charge in [0, 0.05) is 24.3 Å². The van der Waals surface area contributed by atoms with Gasteiger partial charge in [0.05, 0.1) is 11.3 Å². The van der Waals surface area contributed by atoms with Crippen molar-refractivity contribution in [3.63, 3.8) is 0 Å². The van der Waals surface area contributed by atoms with Gasteiger partial charge < -0.3 is 16.0 Å². The molecule has 7 nitrogen and oxygen atoms in total. The largest absolute Gasteiger partial charge is 0.379 e. The van der Waals surface area contributed by atoms with Gasteiger partial charge in [-0.1, -0.05) is 0 Å². The first-order chi connectivity index (χ1) is 10.1. The summed E-state index contributed by atoms with van der Waals surface area (Å²) in [5.74, 6) is -0.120. The van der Waals surface area contributed by atoms with Gasteiger partial charge >= 0.3 is 0 Å². The molecule has 3 N–H and O–H groups in total. The summed E-state index contributed by atoms with van der Waals surface area (Å²) in [6, 6.07) is 3.82. The Morgan fingerprint density at radius 2 is 2.14 bits per heavy atom. The van der Waals surface area contributed by atoms with Crippen molar-refractivity contribution in [3.05, 3.63) is 27.8 Å². The Balaban J connectivity index is 1.63. The van der Waals surface area contributed by atoms with E-state index in [-0.39, 0.29) is 18.0 Å². The van der Waals surface area contributed by atoms with Gasteiger partial charge in [-0.3, -0.25) is 14.9 Å². The summed E-state index contributed by atoms with van der Waals surface area (Å²) >= 11 is 0. The molecule has 0 saturated heterocycles. The summed E-state index contributed by atoms with van der Waals surface area (Å²) in [6.45, 7) is 1.57. The van der Waals surface area contributed by atoms with E-state index in [2.05, 4.69) is 16.0 Å². The topological polar surface area (TPSA) is 96.3 Å². The van der Waals surface area contributed by atoms with E-state index < -0.39 is 4.92 Å². The monoisotopic (exact) mass is 290 g/mol. The van der Waals surface area contributed by atoms with Gasteiger partial charge in [0.15, 0.2) is 0 Å². The normalized spacial score (nSPS) is 16.5. The summed E-state index contributed by atoms with van der Waals surface area (Å²) < 4.78 is 0. The van der Waals surface area contributed by atoms with Crippen LogP contribution in [0.25, 0.3) is 0 Å². The Kier molecular flexibility index (Phi) is 3.74. The number of amides is 1. The standard InChI is InChI=1S/C14H18N4O3/c19-14-7-9-6-13(18(20)21)12(8-11(9)17-14)16-5-1-4-15-10-2-3-10/h6,8,10,15-16H,1-5,7H2,(H,17,19). The minimum atomic E-state index is -0.409. The van der Waals surface area contributed by atoms with Crippen LogP contribution in [0.15, 0.2) is 12.1 Å². The molecule has 2 aliphatic rings. The third-order valence-corrected chi connectivity index (χ3v) is 3.72. The fourth-order valence-corrected chi connectivity index (χ4v) is 2.46. The van der Waals surface area contributed by atoms with Crippen LogP contribution in [0.4, 0.5) is 17.1 Å². The van der Waals surface area contributed by atoms with Crippen molar-refractivity contribution in [1.82, 2.24) is 5.32 Å². The Bertz CT molecular complexity index is 584. The second-order valence-electron chi connectivity index (χ2n) is 5.52. The number of benzene rings is 1. The number of nitro benzene ring substituents is 1. The lowest BCUT2D eigenvalue weighted by atomic mass is 10.1. The number of nitrogens with zero attached hydrogens (tertiary/aromatic N) is 1. The Morgan fingerprint density at radius 1 is 1.33 bits per heavy atom. The summed E-state index contributed by atoms with van der Waals surface area (Å²) in [4.78, 5) is 22.1. The summed E-state index contributed by atoms with van der Waals surface area (Å²) in [5, 5.41) is 20.3. The van der Waals surface area contributed by atoms with Crippen LogP contribution in [0.1, 0.15) is 24.8 Å². The first-order valence-corrected chi connectivity index (χ1v) is 7.22. The highest BCUT2D eigenvalue weighted by Gasteiger charge is 2.24. The van der Waals surface area contributed by atoms with Gasteiger partial charge in [-0.2, -0.15) is 0 Å². The van der Waals surface area contributed by atoms with E-state index >= 15 is 0 Å².